The minimum atomic E-state index is -0.413. The maximum absolute atomic E-state index is 13.7. The van der Waals surface area contributed by atoms with Gasteiger partial charge < -0.3 is 5.32 Å². The number of rotatable bonds is 3. The third kappa shape index (κ3) is 3.20. The molecule has 2 aromatic rings. The molecule has 1 heterocycles. The summed E-state index contributed by atoms with van der Waals surface area (Å²) in [5.74, 6) is -0.657. The molecule has 1 N–H and O–H groups in total. The molecule has 104 valence electrons. The third-order valence-electron chi connectivity index (χ3n) is 3.33. The van der Waals surface area contributed by atoms with E-state index in [2.05, 4.69) is 5.32 Å². The molecular formula is C16H18FN2O+. The zero-order valence-corrected chi connectivity index (χ0v) is 11.9. The van der Waals surface area contributed by atoms with Crippen LogP contribution in [0.5, 0.6) is 0 Å². The summed E-state index contributed by atoms with van der Waals surface area (Å²) in [6, 6.07) is 8.63. The van der Waals surface area contributed by atoms with Crippen molar-refractivity contribution in [3.05, 3.63) is 59.2 Å². The largest absolute Gasteiger partial charge is 0.318 e. The van der Waals surface area contributed by atoms with Gasteiger partial charge in [-0.05, 0) is 37.6 Å². The molecule has 0 saturated heterocycles. The summed E-state index contributed by atoms with van der Waals surface area (Å²) in [4.78, 5) is 12.0. The lowest BCUT2D eigenvalue weighted by atomic mass is 10.2. The second kappa shape index (κ2) is 5.82. The zero-order valence-electron chi connectivity index (χ0n) is 11.9. The fraction of sp³-hybridized carbons (Fsp3) is 0.250. The van der Waals surface area contributed by atoms with Gasteiger partial charge in [-0.1, -0.05) is 6.07 Å². The van der Waals surface area contributed by atoms with Gasteiger partial charge in [0.25, 0.3) is 5.91 Å². The SMILES string of the molecule is Cc1ccc(NC(=O)C[n+]2cccc(C)c2C)c(F)c1. The van der Waals surface area contributed by atoms with Crippen LogP contribution in [-0.4, -0.2) is 5.91 Å². The van der Waals surface area contributed by atoms with E-state index < -0.39 is 5.82 Å². The standard InChI is InChI=1S/C16H17FN2O/c1-11-6-7-15(14(17)9-11)18-16(20)10-19-8-4-5-12(2)13(19)3/h4-9H,10H2,1-3H3/p+1. The van der Waals surface area contributed by atoms with Gasteiger partial charge in [-0.25, -0.2) is 4.39 Å². The first kappa shape index (κ1) is 14.2. The van der Waals surface area contributed by atoms with E-state index in [1.165, 1.54) is 6.07 Å². The number of nitrogens with zero attached hydrogens (tertiary/aromatic N) is 1. The van der Waals surface area contributed by atoms with Crippen molar-refractivity contribution in [2.24, 2.45) is 0 Å². The van der Waals surface area contributed by atoms with Crippen LogP contribution in [0.4, 0.5) is 10.1 Å². The fourth-order valence-corrected chi connectivity index (χ4v) is 1.99. The Hall–Kier alpha value is -2.23. The lowest BCUT2D eigenvalue weighted by molar-refractivity contribution is -0.690. The van der Waals surface area contributed by atoms with E-state index in [9.17, 15) is 9.18 Å². The number of hydrogen-bond donors (Lipinski definition) is 1. The number of aryl methyl sites for hydroxylation is 2. The topological polar surface area (TPSA) is 33.0 Å². The first-order valence-electron chi connectivity index (χ1n) is 6.49. The number of halogens is 1. The summed E-state index contributed by atoms with van der Waals surface area (Å²) >= 11 is 0. The van der Waals surface area contributed by atoms with Gasteiger partial charge >= 0.3 is 0 Å². The van der Waals surface area contributed by atoms with Crippen LogP contribution in [0.1, 0.15) is 16.8 Å². The van der Waals surface area contributed by atoms with E-state index in [0.29, 0.717) is 0 Å². The smallest absolute Gasteiger partial charge is 0.290 e. The average Bonchev–Trinajstić information content (AvgIpc) is 2.38. The zero-order chi connectivity index (χ0) is 14.7. The summed E-state index contributed by atoms with van der Waals surface area (Å²) < 4.78 is 15.5. The number of benzene rings is 1. The Morgan fingerprint density at radius 3 is 2.70 bits per heavy atom. The molecule has 1 amide bonds. The van der Waals surface area contributed by atoms with Gasteiger partial charge in [0.05, 0.1) is 5.69 Å². The summed E-state index contributed by atoms with van der Waals surface area (Å²) in [6.45, 7) is 5.92. The normalized spacial score (nSPS) is 10.4. The quantitative estimate of drug-likeness (QED) is 0.857. The summed E-state index contributed by atoms with van der Waals surface area (Å²) in [7, 11) is 0. The van der Waals surface area contributed by atoms with Crippen LogP contribution in [0.15, 0.2) is 36.5 Å². The lowest BCUT2D eigenvalue weighted by Crippen LogP contribution is -2.43. The number of carbonyl (C=O) groups excluding carboxylic acids is 1. The van der Waals surface area contributed by atoms with Crippen LogP contribution in [0.25, 0.3) is 0 Å². The van der Waals surface area contributed by atoms with E-state index in [1.54, 1.807) is 19.1 Å². The molecule has 0 saturated carbocycles. The highest BCUT2D eigenvalue weighted by Gasteiger charge is 2.15. The van der Waals surface area contributed by atoms with Crippen LogP contribution in [0.3, 0.4) is 0 Å². The maximum atomic E-state index is 13.7. The highest BCUT2D eigenvalue weighted by Crippen LogP contribution is 2.15. The summed E-state index contributed by atoms with van der Waals surface area (Å²) in [5.41, 5.74) is 3.17. The van der Waals surface area contributed by atoms with E-state index in [-0.39, 0.29) is 18.1 Å². The molecule has 0 bridgehead atoms. The molecule has 0 aliphatic heterocycles. The number of anilines is 1. The Morgan fingerprint density at radius 2 is 2.00 bits per heavy atom. The van der Waals surface area contributed by atoms with Crippen LogP contribution < -0.4 is 9.88 Å². The van der Waals surface area contributed by atoms with E-state index in [4.69, 9.17) is 0 Å². The number of aromatic nitrogens is 1. The maximum Gasteiger partial charge on any atom is 0.290 e. The Kier molecular flexibility index (Phi) is 4.13. The van der Waals surface area contributed by atoms with Gasteiger partial charge in [0.2, 0.25) is 6.54 Å². The van der Waals surface area contributed by atoms with Gasteiger partial charge in [-0.15, -0.1) is 0 Å². The van der Waals surface area contributed by atoms with E-state index >= 15 is 0 Å². The van der Waals surface area contributed by atoms with Crippen molar-refractivity contribution in [1.29, 1.82) is 0 Å². The molecule has 4 heteroatoms. The lowest BCUT2D eigenvalue weighted by Gasteiger charge is -2.06. The number of hydrogen-bond acceptors (Lipinski definition) is 1. The predicted octanol–water partition coefficient (Wildman–Crippen LogP) is 2.68. The molecule has 2 rings (SSSR count). The van der Waals surface area contributed by atoms with Gasteiger partial charge in [-0.2, -0.15) is 4.57 Å². The highest BCUT2D eigenvalue weighted by atomic mass is 19.1. The first-order valence-corrected chi connectivity index (χ1v) is 6.49. The molecule has 1 aromatic heterocycles. The van der Waals surface area contributed by atoms with Gasteiger partial charge in [0.15, 0.2) is 11.9 Å². The second-order valence-corrected chi connectivity index (χ2v) is 4.94. The minimum absolute atomic E-state index is 0.167. The molecule has 0 aliphatic carbocycles. The monoisotopic (exact) mass is 273 g/mol. The molecule has 0 unspecified atom stereocenters. The van der Waals surface area contributed by atoms with E-state index in [0.717, 1.165) is 16.8 Å². The summed E-state index contributed by atoms with van der Waals surface area (Å²) in [5, 5.41) is 2.60. The van der Waals surface area contributed by atoms with Crippen molar-refractivity contribution in [1.82, 2.24) is 0 Å². The second-order valence-electron chi connectivity index (χ2n) is 4.94. The van der Waals surface area contributed by atoms with Crippen molar-refractivity contribution in [2.45, 2.75) is 27.3 Å². The van der Waals surface area contributed by atoms with Gasteiger partial charge in [0.1, 0.15) is 5.82 Å². The molecule has 0 radical (unpaired) electrons. The third-order valence-corrected chi connectivity index (χ3v) is 3.33. The number of amides is 1. The fourth-order valence-electron chi connectivity index (χ4n) is 1.99. The van der Waals surface area contributed by atoms with Crippen molar-refractivity contribution < 1.29 is 13.8 Å². The van der Waals surface area contributed by atoms with Crippen molar-refractivity contribution in [2.75, 3.05) is 5.32 Å². The number of pyridine rings is 1. The molecule has 0 atom stereocenters. The van der Waals surface area contributed by atoms with E-state index in [1.807, 2.05) is 36.7 Å². The van der Waals surface area contributed by atoms with Crippen molar-refractivity contribution in [3.8, 4) is 0 Å². The van der Waals surface area contributed by atoms with Crippen LogP contribution >= 0.6 is 0 Å². The first-order chi connectivity index (χ1) is 9.47. The van der Waals surface area contributed by atoms with Gasteiger partial charge in [0, 0.05) is 18.6 Å². The van der Waals surface area contributed by atoms with Crippen molar-refractivity contribution >= 4 is 11.6 Å². The molecule has 0 fully saturated rings. The predicted molar refractivity (Wildman–Crippen MR) is 75.9 cm³/mol. The Labute approximate surface area is 118 Å². The van der Waals surface area contributed by atoms with Crippen LogP contribution in [0.2, 0.25) is 0 Å². The number of nitrogens with one attached hydrogen (secondary N) is 1. The molecule has 20 heavy (non-hydrogen) atoms. The minimum Gasteiger partial charge on any atom is -0.318 e. The van der Waals surface area contributed by atoms with Gasteiger partial charge in [-0.3, -0.25) is 4.79 Å². The Balaban J connectivity index is 2.11. The Morgan fingerprint density at radius 1 is 1.25 bits per heavy atom. The molecular weight excluding hydrogens is 255 g/mol. The van der Waals surface area contributed by atoms with Crippen molar-refractivity contribution in [3.63, 3.8) is 0 Å². The number of carbonyl (C=O) groups is 1. The molecule has 1 aromatic carbocycles. The molecule has 3 nitrogen and oxygen atoms in total. The van der Waals surface area contributed by atoms with Crippen LogP contribution in [-0.2, 0) is 11.3 Å². The Bertz CT molecular complexity index is 653. The van der Waals surface area contributed by atoms with Crippen LogP contribution in [0, 0.1) is 26.6 Å². The highest BCUT2D eigenvalue weighted by molar-refractivity contribution is 5.89. The molecule has 0 aliphatic rings. The molecule has 0 spiro atoms. The summed E-state index contributed by atoms with van der Waals surface area (Å²) in [6.07, 6.45) is 1.84. The average molecular weight is 273 g/mol.